The Morgan fingerprint density at radius 3 is 2.75 bits per heavy atom. The Labute approximate surface area is 188 Å². The molecule has 1 aromatic heterocycles. The zero-order valence-electron chi connectivity index (χ0n) is 17.9. The van der Waals surface area contributed by atoms with Crippen LogP contribution in [0.2, 0.25) is 0 Å². The summed E-state index contributed by atoms with van der Waals surface area (Å²) in [5, 5.41) is 23.3. The van der Waals surface area contributed by atoms with Crippen LogP contribution in [0.3, 0.4) is 0 Å². The summed E-state index contributed by atoms with van der Waals surface area (Å²) < 4.78 is 0. The Kier molecular flexibility index (Phi) is 5.71. The topological polar surface area (TPSA) is 88.3 Å². The van der Waals surface area contributed by atoms with Gasteiger partial charge in [0.1, 0.15) is 18.0 Å². The van der Waals surface area contributed by atoms with Crippen LogP contribution in [-0.4, -0.2) is 51.8 Å². The fourth-order valence-corrected chi connectivity index (χ4v) is 4.76. The lowest BCUT2D eigenvalue weighted by Crippen LogP contribution is -2.55. The summed E-state index contributed by atoms with van der Waals surface area (Å²) in [6.45, 7) is 3.27. The van der Waals surface area contributed by atoms with Gasteiger partial charge in [-0.3, -0.25) is 4.90 Å². The number of fused-ring (bicyclic) bond motifs is 1. The molecule has 3 heterocycles. The lowest BCUT2D eigenvalue weighted by Gasteiger charge is -2.43. The molecule has 2 aliphatic heterocycles. The molecule has 0 spiro atoms. The second kappa shape index (κ2) is 8.95. The van der Waals surface area contributed by atoms with E-state index in [1.54, 1.807) is 12.1 Å². The minimum absolute atomic E-state index is 0.160. The predicted molar refractivity (Wildman–Crippen MR) is 124 cm³/mol. The van der Waals surface area contributed by atoms with Gasteiger partial charge in [0.25, 0.3) is 0 Å². The Bertz CT molecular complexity index is 1140. The number of hydrogen-bond donors (Lipinski definition) is 2. The van der Waals surface area contributed by atoms with Crippen LogP contribution >= 0.6 is 0 Å². The standard InChI is InChI=1S/C25H26N6O/c26-14-18-4-3-7-21(12-18)29-24-13-25(28-17-27-24)31-11-9-22(23(32)16-31)30-10-8-19-5-1-2-6-20(19)15-30/h1-7,12-13,17,22-23,32H,8-11,15-16H2,(H,27,28,29). The number of rotatable bonds is 4. The molecule has 2 aliphatic rings. The fraction of sp³-hybridized carbons (Fsp3) is 0.320. The van der Waals surface area contributed by atoms with Crippen molar-refractivity contribution in [3.63, 3.8) is 0 Å². The SMILES string of the molecule is N#Cc1cccc(Nc2cc(N3CCC(N4CCc5ccccc5C4)C(O)C3)ncn2)c1. The molecule has 0 amide bonds. The van der Waals surface area contributed by atoms with Crippen LogP contribution in [0.1, 0.15) is 23.1 Å². The molecule has 0 saturated carbocycles. The van der Waals surface area contributed by atoms with Crippen molar-refractivity contribution in [1.29, 1.82) is 5.26 Å². The highest BCUT2D eigenvalue weighted by atomic mass is 16.3. The van der Waals surface area contributed by atoms with Crippen LogP contribution in [0.25, 0.3) is 0 Å². The minimum Gasteiger partial charge on any atom is -0.390 e. The Balaban J connectivity index is 1.25. The molecule has 0 aliphatic carbocycles. The third-order valence-electron chi connectivity index (χ3n) is 6.42. The molecule has 1 fully saturated rings. The summed E-state index contributed by atoms with van der Waals surface area (Å²) >= 11 is 0. The van der Waals surface area contributed by atoms with Crippen molar-refractivity contribution in [3.8, 4) is 6.07 Å². The molecule has 5 rings (SSSR count). The van der Waals surface area contributed by atoms with E-state index in [-0.39, 0.29) is 6.04 Å². The quantitative estimate of drug-likeness (QED) is 0.663. The molecule has 2 unspecified atom stereocenters. The normalized spacial score (nSPS) is 20.9. The second-order valence-electron chi connectivity index (χ2n) is 8.44. The monoisotopic (exact) mass is 426 g/mol. The Morgan fingerprint density at radius 2 is 1.91 bits per heavy atom. The molecular weight excluding hydrogens is 400 g/mol. The van der Waals surface area contributed by atoms with Crippen molar-refractivity contribution in [3.05, 3.63) is 77.6 Å². The summed E-state index contributed by atoms with van der Waals surface area (Å²) in [7, 11) is 0. The third kappa shape index (κ3) is 4.28. The summed E-state index contributed by atoms with van der Waals surface area (Å²) in [6, 6.07) is 20.1. The average Bonchev–Trinajstić information content (AvgIpc) is 2.84. The number of nitrogens with one attached hydrogen (secondary N) is 1. The van der Waals surface area contributed by atoms with Gasteiger partial charge in [0.2, 0.25) is 0 Å². The first kappa shape index (κ1) is 20.4. The number of anilines is 3. The van der Waals surface area contributed by atoms with Crippen LogP contribution in [0.15, 0.2) is 60.9 Å². The van der Waals surface area contributed by atoms with Gasteiger partial charge in [0.15, 0.2) is 0 Å². The van der Waals surface area contributed by atoms with Gasteiger partial charge < -0.3 is 15.3 Å². The number of hydrogen-bond acceptors (Lipinski definition) is 7. The van der Waals surface area contributed by atoms with Gasteiger partial charge in [-0.2, -0.15) is 5.26 Å². The first-order valence-electron chi connectivity index (χ1n) is 11.0. The van der Waals surface area contributed by atoms with Gasteiger partial charge in [-0.05, 0) is 42.2 Å². The summed E-state index contributed by atoms with van der Waals surface area (Å²) in [5.74, 6) is 1.45. The van der Waals surface area contributed by atoms with Gasteiger partial charge in [0.05, 0.1) is 17.7 Å². The molecule has 162 valence electrons. The number of aliphatic hydroxyl groups excluding tert-OH is 1. The van der Waals surface area contributed by atoms with Crippen LogP contribution in [0.4, 0.5) is 17.3 Å². The molecule has 0 bridgehead atoms. The van der Waals surface area contributed by atoms with E-state index in [4.69, 9.17) is 5.26 Å². The van der Waals surface area contributed by atoms with Crippen molar-refractivity contribution >= 4 is 17.3 Å². The fourth-order valence-electron chi connectivity index (χ4n) is 4.76. The van der Waals surface area contributed by atoms with Crippen molar-refractivity contribution in [2.75, 3.05) is 29.9 Å². The van der Waals surface area contributed by atoms with E-state index >= 15 is 0 Å². The van der Waals surface area contributed by atoms with Gasteiger partial charge in [-0.1, -0.05) is 30.3 Å². The molecule has 3 aromatic rings. The highest BCUT2D eigenvalue weighted by Crippen LogP contribution is 2.27. The van der Waals surface area contributed by atoms with Crippen molar-refractivity contribution < 1.29 is 5.11 Å². The van der Waals surface area contributed by atoms with Gasteiger partial charge >= 0.3 is 0 Å². The predicted octanol–water partition coefficient (Wildman–Crippen LogP) is 3.09. The lowest BCUT2D eigenvalue weighted by molar-refractivity contribution is 0.0293. The lowest BCUT2D eigenvalue weighted by atomic mass is 9.94. The number of nitrogens with zero attached hydrogens (tertiary/aromatic N) is 5. The molecule has 7 nitrogen and oxygen atoms in total. The smallest absolute Gasteiger partial charge is 0.135 e. The largest absolute Gasteiger partial charge is 0.390 e. The Hall–Kier alpha value is -3.47. The summed E-state index contributed by atoms with van der Waals surface area (Å²) in [5.41, 5.74) is 4.20. The molecule has 2 N–H and O–H groups in total. The van der Waals surface area contributed by atoms with E-state index in [9.17, 15) is 5.11 Å². The highest BCUT2D eigenvalue weighted by molar-refractivity contribution is 5.61. The number of aliphatic hydroxyl groups is 1. The van der Waals surface area contributed by atoms with Crippen LogP contribution < -0.4 is 10.2 Å². The van der Waals surface area contributed by atoms with Gasteiger partial charge in [-0.25, -0.2) is 9.97 Å². The minimum atomic E-state index is -0.437. The molecule has 2 atom stereocenters. The maximum Gasteiger partial charge on any atom is 0.135 e. The molecule has 0 radical (unpaired) electrons. The van der Waals surface area contributed by atoms with E-state index in [1.165, 1.54) is 17.5 Å². The first-order valence-corrected chi connectivity index (χ1v) is 11.0. The van der Waals surface area contributed by atoms with Crippen LogP contribution in [0.5, 0.6) is 0 Å². The number of benzene rings is 2. The number of nitriles is 1. The van der Waals surface area contributed by atoms with E-state index in [0.29, 0.717) is 17.9 Å². The average molecular weight is 427 g/mol. The summed E-state index contributed by atoms with van der Waals surface area (Å²) in [6.07, 6.45) is 3.02. The van der Waals surface area contributed by atoms with Crippen molar-refractivity contribution in [2.24, 2.45) is 0 Å². The van der Waals surface area contributed by atoms with E-state index in [0.717, 1.165) is 44.0 Å². The van der Waals surface area contributed by atoms with Crippen molar-refractivity contribution in [1.82, 2.24) is 14.9 Å². The van der Waals surface area contributed by atoms with Crippen LogP contribution in [-0.2, 0) is 13.0 Å². The van der Waals surface area contributed by atoms with E-state index in [2.05, 4.69) is 55.4 Å². The van der Waals surface area contributed by atoms with Gasteiger partial charge in [0, 0.05) is 44.0 Å². The highest BCUT2D eigenvalue weighted by Gasteiger charge is 2.34. The number of β-amino-alcohol motifs (C(OH)–C–C–N with tert-alkyl or cyclic N) is 1. The zero-order chi connectivity index (χ0) is 21.9. The molecular formula is C25H26N6O. The van der Waals surface area contributed by atoms with Crippen LogP contribution in [0, 0.1) is 11.3 Å². The molecule has 2 aromatic carbocycles. The third-order valence-corrected chi connectivity index (χ3v) is 6.42. The maximum absolute atomic E-state index is 11.0. The molecule has 32 heavy (non-hydrogen) atoms. The van der Waals surface area contributed by atoms with Gasteiger partial charge in [-0.15, -0.1) is 0 Å². The maximum atomic E-state index is 11.0. The summed E-state index contributed by atoms with van der Waals surface area (Å²) in [4.78, 5) is 13.3. The number of piperidine rings is 1. The molecule has 1 saturated heterocycles. The van der Waals surface area contributed by atoms with E-state index in [1.807, 2.05) is 18.2 Å². The first-order chi connectivity index (χ1) is 15.7. The van der Waals surface area contributed by atoms with Crippen molar-refractivity contribution in [2.45, 2.75) is 31.5 Å². The zero-order valence-corrected chi connectivity index (χ0v) is 17.9. The molecule has 7 heteroatoms. The number of aromatic nitrogens is 2. The van der Waals surface area contributed by atoms with E-state index < -0.39 is 6.10 Å². The Morgan fingerprint density at radius 1 is 1.03 bits per heavy atom. The second-order valence-corrected chi connectivity index (χ2v) is 8.44.